The maximum absolute atomic E-state index is 12.6. The van der Waals surface area contributed by atoms with Gasteiger partial charge in [-0.15, -0.1) is 0 Å². The fourth-order valence-electron chi connectivity index (χ4n) is 2.85. The summed E-state index contributed by atoms with van der Waals surface area (Å²) in [4.78, 5) is 12.6. The average molecular weight is 262 g/mol. The molecule has 0 radical (unpaired) electrons. The molecule has 0 amide bonds. The van der Waals surface area contributed by atoms with E-state index in [2.05, 4.69) is 0 Å². The third kappa shape index (κ3) is 2.52. The standard InChI is InChI=1S/C16H22O3/c1-11-7-8-13(14(19-3)12(11)2)15(17)16(18)9-5-4-6-10-16/h7-8,18H,4-6,9-10H2,1-3H3. The van der Waals surface area contributed by atoms with Crippen molar-refractivity contribution in [2.75, 3.05) is 7.11 Å². The van der Waals surface area contributed by atoms with E-state index in [1.165, 1.54) is 0 Å². The van der Waals surface area contributed by atoms with Gasteiger partial charge in [-0.3, -0.25) is 4.79 Å². The summed E-state index contributed by atoms with van der Waals surface area (Å²) >= 11 is 0. The average Bonchev–Trinajstić information content (AvgIpc) is 2.41. The minimum absolute atomic E-state index is 0.188. The number of carbonyl (C=O) groups is 1. The highest BCUT2D eigenvalue weighted by Gasteiger charge is 2.39. The number of rotatable bonds is 3. The molecule has 0 saturated heterocycles. The summed E-state index contributed by atoms with van der Waals surface area (Å²) in [5.74, 6) is 0.413. The predicted octanol–water partition coefficient (Wildman–Crippen LogP) is 3.19. The molecule has 19 heavy (non-hydrogen) atoms. The van der Waals surface area contributed by atoms with Gasteiger partial charge < -0.3 is 9.84 Å². The molecule has 0 aliphatic heterocycles. The molecule has 1 fully saturated rings. The van der Waals surface area contributed by atoms with Gasteiger partial charge in [0.1, 0.15) is 11.4 Å². The van der Waals surface area contributed by atoms with Gasteiger partial charge in [0.05, 0.1) is 12.7 Å². The van der Waals surface area contributed by atoms with Gasteiger partial charge in [-0.2, -0.15) is 0 Å². The minimum atomic E-state index is -1.20. The number of methoxy groups -OCH3 is 1. The fraction of sp³-hybridized carbons (Fsp3) is 0.562. The zero-order valence-corrected chi connectivity index (χ0v) is 12.0. The quantitative estimate of drug-likeness (QED) is 0.851. The van der Waals surface area contributed by atoms with Crippen LogP contribution < -0.4 is 4.74 Å². The van der Waals surface area contributed by atoms with Crippen molar-refractivity contribution >= 4 is 5.78 Å². The maximum Gasteiger partial charge on any atom is 0.198 e. The number of benzene rings is 1. The number of ketones is 1. The first kappa shape index (κ1) is 14.1. The number of aryl methyl sites for hydroxylation is 1. The van der Waals surface area contributed by atoms with Gasteiger partial charge in [-0.25, -0.2) is 0 Å². The number of carbonyl (C=O) groups excluding carboxylic acids is 1. The molecule has 104 valence electrons. The van der Waals surface area contributed by atoms with Crippen LogP contribution in [0.5, 0.6) is 5.75 Å². The molecule has 0 unspecified atom stereocenters. The fourth-order valence-corrected chi connectivity index (χ4v) is 2.85. The molecule has 0 aromatic heterocycles. The SMILES string of the molecule is COc1c(C(=O)C2(O)CCCCC2)ccc(C)c1C. The summed E-state index contributed by atoms with van der Waals surface area (Å²) in [7, 11) is 1.57. The van der Waals surface area contributed by atoms with Crippen molar-refractivity contribution in [2.45, 2.75) is 51.6 Å². The Morgan fingerprint density at radius 1 is 1.21 bits per heavy atom. The molecule has 0 spiro atoms. The van der Waals surface area contributed by atoms with E-state index in [4.69, 9.17) is 4.74 Å². The Morgan fingerprint density at radius 2 is 1.84 bits per heavy atom. The normalized spacial score (nSPS) is 18.1. The maximum atomic E-state index is 12.6. The van der Waals surface area contributed by atoms with Crippen molar-refractivity contribution in [3.8, 4) is 5.75 Å². The van der Waals surface area contributed by atoms with E-state index < -0.39 is 5.60 Å². The molecular formula is C16H22O3. The number of Topliss-reactive ketones (excluding diaryl/α,β-unsaturated/α-hetero) is 1. The molecule has 3 heteroatoms. The molecule has 0 atom stereocenters. The topological polar surface area (TPSA) is 46.5 Å². The first-order valence-corrected chi connectivity index (χ1v) is 6.91. The molecule has 2 rings (SSSR count). The van der Waals surface area contributed by atoms with Crippen LogP contribution in [0.25, 0.3) is 0 Å². The second-order valence-corrected chi connectivity index (χ2v) is 5.51. The van der Waals surface area contributed by atoms with Gasteiger partial charge in [-0.05, 0) is 43.9 Å². The Morgan fingerprint density at radius 3 is 2.42 bits per heavy atom. The van der Waals surface area contributed by atoms with Crippen molar-refractivity contribution < 1.29 is 14.6 Å². The summed E-state index contributed by atoms with van der Waals surface area (Å²) in [5.41, 5.74) is 1.36. The van der Waals surface area contributed by atoms with Crippen LogP contribution in [0.2, 0.25) is 0 Å². The summed E-state index contributed by atoms with van der Waals surface area (Å²) in [6, 6.07) is 3.69. The number of hydrogen-bond acceptors (Lipinski definition) is 3. The third-order valence-corrected chi connectivity index (χ3v) is 4.23. The molecule has 0 heterocycles. The second-order valence-electron chi connectivity index (χ2n) is 5.51. The van der Waals surface area contributed by atoms with E-state index in [0.29, 0.717) is 24.2 Å². The smallest absolute Gasteiger partial charge is 0.198 e. The lowest BCUT2D eigenvalue weighted by atomic mass is 9.79. The van der Waals surface area contributed by atoms with Crippen LogP contribution in [-0.4, -0.2) is 23.6 Å². The molecule has 0 bridgehead atoms. The van der Waals surface area contributed by atoms with Crippen molar-refractivity contribution in [1.82, 2.24) is 0 Å². The Hall–Kier alpha value is -1.35. The van der Waals surface area contributed by atoms with Crippen molar-refractivity contribution in [1.29, 1.82) is 0 Å². The third-order valence-electron chi connectivity index (χ3n) is 4.23. The van der Waals surface area contributed by atoms with E-state index in [1.807, 2.05) is 19.9 Å². The van der Waals surface area contributed by atoms with E-state index >= 15 is 0 Å². The highest BCUT2D eigenvalue weighted by molar-refractivity contribution is 6.04. The number of ether oxygens (including phenoxy) is 1. The van der Waals surface area contributed by atoms with Crippen LogP contribution in [0.1, 0.15) is 53.6 Å². The van der Waals surface area contributed by atoms with Gasteiger partial charge in [0, 0.05) is 0 Å². The summed E-state index contributed by atoms with van der Waals surface area (Å²) in [6.45, 7) is 3.93. The van der Waals surface area contributed by atoms with E-state index in [0.717, 1.165) is 30.4 Å². The van der Waals surface area contributed by atoms with Crippen molar-refractivity contribution in [3.63, 3.8) is 0 Å². The number of aliphatic hydroxyl groups is 1. The van der Waals surface area contributed by atoms with Crippen molar-refractivity contribution in [3.05, 3.63) is 28.8 Å². The second kappa shape index (κ2) is 5.33. The lowest BCUT2D eigenvalue weighted by molar-refractivity contribution is 0.0114. The molecular weight excluding hydrogens is 240 g/mol. The highest BCUT2D eigenvalue weighted by Crippen LogP contribution is 2.35. The van der Waals surface area contributed by atoms with Gasteiger partial charge in [-0.1, -0.05) is 25.3 Å². The van der Waals surface area contributed by atoms with Crippen LogP contribution in [0.4, 0.5) is 0 Å². The monoisotopic (exact) mass is 262 g/mol. The molecule has 3 nitrogen and oxygen atoms in total. The number of hydrogen-bond donors (Lipinski definition) is 1. The Bertz CT molecular complexity index is 485. The summed E-state index contributed by atoms with van der Waals surface area (Å²) < 4.78 is 5.38. The Balaban J connectivity index is 2.41. The van der Waals surface area contributed by atoms with Gasteiger partial charge in [0.2, 0.25) is 0 Å². The van der Waals surface area contributed by atoms with Gasteiger partial charge in [0.25, 0.3) is 0 Å². The molecule has 1 N–H and O–H groups in total. The van der Waals surface area contributed by atoms with Crippen LogP contribution >= 0.6 is 0 Å². The van der Waals surface area contributed by atoms with Gasteiger partial charge >= 0.3 is 0 Å². The summed E-state index contributed by atoms with van der Waals surface area (Å²) in [6.07, 6.45) is 4.04. The molecule has 1 aromatic carbocycles. The van der Waals surface area contributed by atoms with Crippen LogP contribution in [0, 0.1) is 13.8 Å². The van der Waals surface area contributed by atoms with E-state index in [1.54, 1.807) is 13.2 Å². The molecule has 1 aliphatic carbocycles. The minimum Gasteiger partial charge on any atom is -0.496 e. The van der Waals surface area contributed by atoms with E-state index in [9.17, 15) is 9.90 Å². The zero-order valence-electron chi connectivity index (χ0n) is 12.0. The zero-order chi connectivity index (χ0) is 14.0. The summed E-state index contributed by atoms with van der Waals surface area (Å²) in [5, 5.41) is 10.6. The largest absolute Gasteiger partial charge is 0.496 e. The molecule has 1 aromatic rings. The lowest BCUT2D eigenvalue weighted by Gasteiger charge is -2.31. The Kier molecular flexibility index (Phi) is 3.95. The van der Waals surface area contributed by atoms with Crippen LogP contribution in [0.3, 0.4) is 0 Å². The van der Waals surface area contributed by atoms with Gasteiger partial charge in [0.15, 0.2) is 5.78 Å². The molecule has 1 saturated carbocycles. The van der Waals surface area contributed by atoms with Crippen LogP contribution in [-0.2, 0) is 0 Å². The van der Waals surface area contributed by atoms with Crippen molar-refractivity contribution in [2.24, 2.45) is 0 Å². The first-order valence-electron chi connectivity index (χ1n) is 6.91. The first-order chi connectivity index (χ1) is 8.99. The molecule has 1 aliphatic rings. The van der Waals surface area contributed by atoms with E-state index in [-0.39, 0.29) is 5.78 Å². The predicted molar refractivity (Wildman–Crippen MR) is 74.8 cm³/mol. The highest BCUT2D eigenvalue weighted by atomic mass is 16.5. The lowest BCUT2D eigenvalue weighted by Crippen LogP contribution is -2.40. The Labute approximate surface area is 114 Å². The van der Waals surface area contributed by atoms with Crippen LogP contribution in [0.15, 0.2) is 12.1 Å².